The number of rotatable bonds is 6. The molecule has 1 aliphatic carbocycles. The topological polar surface area (TPSA) is 62.2 Å². The Hall–Kier alpha value is -1.11. The lowest BCUT2D eigenvalue weighted by Crippen LogP contribution is -2.51. The first-order chi connectivity index (χ1) is 10.1. The molecule has 3 rings (SSSR count). The van der Waals surface area contributed by atoms with Gasteiger partial charge in [0.1, 0.15) is 0 Å². The van der Waals surface area contributed by atoms with Gasteiger partial charge in [0, 0.05) is 0 Å². The van der Waals surface area contributed by atoms with Crippen LogP contribution < -0.4 is 5.32 Å². The van der Waals surface area contributed by atoms with E-state index in [2.05, 4.69) is 10.3 Å². The van der Waals surface area contributed by atoms with Crippen LogP contribution in [0.2, 0.25) is 0 Å². The summed E-state index contributed by atoms with van der Waals surface area (Å²) < 4.78 is 2.04. The first-order valence-electron chi connectivity index (χ1n) is 7.01. The summed E-state index contributed by atoms with van der Waals surface area (Å²) in [4.78, 5) is 16.6. The molecular weight excluding hydrogens is 304 g/mol. The molecule has 1 heterocycles. The van der Waals surface area contributed by atoms with Gasteiger partial charge < -0.3 is 10.4 Å². The van der Waals surface area contributed by atoms with Gasteiger partial charge in [-0.25, -0.2) is 4.98 Å². The molecule has 1 saturated carbocycles. The lowest BCUT2D eigenvalue weighted by molar-refractivity contribution is -0.121. The van der Waals surface area contributed by atoms with E-state index in [1.54, 1.807) is 11.3 Å². The van der Waals surface area contributed by atoms with Crippen molar-refractivity contribution in [2.75, 3.05) is 12.4 Å². The number of fused-ring (bicyclic) bond motifs is 1. The van der Waals surface area contributed by atoms with Gasteiger partial charge in [-0.3, -0.25) is 4.79 Å². The second-order valence-corrected chi connectivity index (χ2v) is 7.89. The number of aliphatic hydroxyl groups is 1. The van der Waals surface area contributed by atoms with E-state index < -0.39 is 5.54 Å². The van der Waals surface area contributed by atoms with Crippen LogP contribution in [-0.4, -0.2) is 33.9 Å². The third kappa shape index (κ3) is 3.39. The van der Waals surface area contributed by atoms with Crippen LogP contribution in [0.3, 0.4) is 0 Å². The highest BCUT2D eigenvalue weighted by molar-refractivity contribution is 8.01. The molecule has 1 unspecified atom stereocenters. The molecule has 0 saturated heterocycles. The fourth-order valence-corrected chi connectivity index (χ4v) is 4.25. The SMILES string of the molecule is CC(CO)(NC(=O)CSc1nc2ccccc2s1)C1CC1. The highest BCUT2D eigenvalue weighted by atomic mass is 32.2. The third-order valence-electron chi connectivity index (χ3n) is 3.83. The van der Waals surface area contributed by atoms with Gasteiger partial charge in [-0.2, -0.15) is 0 Å². The van der Waals surface area contributed by atoms with Crippen molar-refractivity contribution in [3.8, 4) is 0 Å². The van der Waals surface area contributed by atoms with Crippen LogP contribution in [0.4, 0.5) is 0 Å². The number of amides is 1. The number of aliphatic hydroxyl groups excluding tert-OH is 1. The first-order valence-corrected chi connectivity index (χ1v) is 8.81. The summed E-state index contributed by atoms with van der Waals surface area (Å²) in [6, 6.07) is 7.97. The molecular formula is C15H18N2O2S2. The molecule has 1 atom stereocenters. The molecule has 1 aliphatic rings. The van der Waals surface area contributed by atoms with Crippen molar-refractivity contribution >= 4 is 39.2 Å². The summed E-state index contributed by atoms with van der Waals surface area (Å²) in [6.45, 7) is 1.92. The summed E-state index contributed by atoms with van der Waals surface area (Å²) in [7, 11) is 0. The average molecular weight is 322 g/mol. The zero-order chi connectivity index (χ0) is 14.9. The van der Waals surface area contributed by atoms with Crippen molar-refractivity contribution in [2.24, 2.45) is 5.92 Å². The van der Waals surface area contributed by atoms with Gasteiger partial charge in [-0.15, -0.1) is 11.3 Å². The number of carbonyl (C=O) groups excluding carboxylic acids is 1. The van der Waals surface area contributed by atoms with E-state index >= 15 is 0 Å². The Bertz CT molecular complexity index is 621. The summed E-state index contributed by atoms with van der Waals surface area (Å²) in [5, 5.41) is 12.5. The van der Waals surface area contributed by atoms with Gasteiger partial charge in [-0.05, 0) is 37.8 Å². The molecule has 0 radical (unpaired) electrons. The normalized spacial score (nSPS) is 17.6. The lowest BCUT2D eigenvalue weighted by Gasteiger charge is -2.28. The van der Waals surface area contributed by atoms with Gasteiger partial charge in [0.15, 0.2) is 4.34 Å². The molecule has 112 valence electrons. The van der Waals surface area contributed by atoms with E-state index in [1.165, 1.54) is 11.8 Å². The molecule has 1 aromatic heterocycles. The highest BCUT2D eigenvalue weighted by Gasteiger charge is 2.42. The van der Waals surface area contributed by atoms with Crippen molar-refractivity contribution in [2.45, 2.75) is 29.6 Å². The Morgan fingerprint density at radius 1 is 1.52 bits per heavy atom. The molecule has 0 bridgehead atoms. The van der Waals surface area contributed by atoms with Crippen LogP contribution in [0.1, 0.15) is 19.8 Å². The van der Waals surface area contributed by atoms with Crippen molar-refractivity contribution < 1.29 is 9.90 Å². The number of carbonyl (C=O) groups is 1. The second-order valence-electron chi connectivity index (χ2n) is 5.63. The standard InChI is InChI=1S/C15H18N2O2S2/c1-15(9-18,10-6-7-10)17-13(19)8-20-14-16-11-4-2-3-5-12(11)21-14/h2-5,10,18H,6-9H2,1H3,(H,17,19). The molecule has 2 N–H and O–H groups in total. The maximum absolute atomic E-state index is 12.1. The zero-order valence-electron chi connectivity index (χ0n) is 11.8. The summed E-state index contributed by atoms with van der Waals surface area (Å²) in [5.41, 5.74) is 0.509. The third-order valence-corrected chi connectivity index (χ3v) is 6.01. The fraction of sp³-hybridized carbons (Fsp3) is 0.467. The largest absolute Gasteiger partial charge is 0.394 e. The molecule has 1 fully saturated rings. The molecule has 4 nitrogen and oxygen atoms in total. The van der Waals surface area contributed by atoms with E-state index in [-0.39, 0.29) is 12.5 Å². The van der Waals surface area contributed by atoms with Crippen molar-refractivity contribution in [1.82, 2.24) is 10.3 Å². The zero-order valence-corrected chi connectivity index (χ0v) is 13.5. The van der Waals surface area contributed by atoms with Crippen LogP contribution in [0.5, 0.6) is 0 Å². The Morgan fingerprint density at radius 3 is 2.95 bits per heavy atom. The number of nitrogens with zero attached hydrogens (tertiary/aromatic N) is 1. The highest BCUT2D eigenvalue weighted by Crippen LogP contribution is 2.39. The predicted octanol–water partition coefficient (Wildman–Crippen LogP) is 2.67. The van der Waals surface area contributed by atoms with Crippen LogP contribution in [-0.2, 0) is 4.79 Å². The van der Waals surface area contributed by atoms with Crippen LogP contribution in [0, 0.1) is 5.92 Å². The van der Waals surface area contributed by atoms with Gasteiger partial charge in [0.25, 0.3) is 0 Å². The number of benzene rings is 1. The van der Waals surface area contributed by atoms with Crippen molar-refractivity contribution in [1.29, 1.82) is 0 Å². The Labute approximate surface area is 132 Å². The van der Waals surface area contributed by atoms with Gasteiger partial charge in [0.2, 0.25) is 5.91 Å². The van der Waals surface area contributed by atoms with Gasteiger partial charge >= 0.3 is 0 Å². The van der Waals surface area contributed by atoms with E-state index in [0.29, 0.717) is 11.7 Å². The molecule has 2 aromatic rings. The monoisotopic (exact) mass is 322 g/mol. The van der Waals surface area contributed by atoms with E-state index in [0.717, 1.165) is 27.4 Å². The first kappa shape index (κ1) is 14.8. The molecule has 1 amide bonds. The number of para-hydroxylation sites is 1. The molecule has 0 spiro atoms. The Kier molecular flexibility index (Phi) is 4.19. The van der Waals surface area contributed by atoms with Gasteiger partial charge in [-0.1, -0.05) is 23.9 Å². The van der Waals surface area contributed by atoms with E-state index in [1.807, 2.05) is 31.2 Å². The predicted molar refractivity (Wildman–Crippen MR) is 86.7 cm³/mol. The average Bonchev–Trinajstić information content (AvgIpc) is 3.25. The fourth-order valence-electron chi connectivity index (χ4n) is 2.39. The molecule has 21 heavy (non-hydrogen) atoms. The summed E-state index contributed by atoms with van der Waals surface area (Å²) >= 11 is 3.06. The van der Waals surface area contributed by atoms with Crippen LogP contribution >= 0.6 is 23.1 Å². The van der Waals surface area contributed by atoms with Crippen molar-refractivity contribution in [3.05, 3.63) is 24.3 Å². The van der Waals surface area contributed by atoms with Crippen LogP contribution in [0.15, 0.2) is 28.6 Å². The summed E-state index contributed by atoms with van der Waals surface area (Å²) in [6.07, 6.45) is 2.17. The number of thiazole rings is 1. The quantitative estimate of drug-likeness (QED) is 0.803. The Morgan fingerprint density at radius 2 is 2.29 bits per heavy atom. The molecule has 0 aliphatic heterocycles. The number of aromatic nitrogens is 1. The van der Waals surface area contributed by atoms with Crippen LogP contribution in [0.25, 0.3) is 10.2 Å². The number of hydrogen-bond donors (Lipinski definition) is 2. The maximum atomic E-state index is 12.1. The number of nitrogens with one attached hydrogen (secondary N) is 1. The maximum Gasteiger partial charge on any atom is 0.230 e. The van der Waals surface area contributed by atoms with E-state index in [4.69, 9.17) is 0 Å². The van der Waals surface area contributed by atoms with Gasteiger partial charge in [0.05, 0.1) is 28.1 Å². The van der Waals surface area contributed by atoms with Crippen molar-refractivity contribution in [3.63, 3.8) is 0 Å². The number of thioether (sulfide) groups is 1. The minimum absolute atomic E-state index is 0.00475. The smallest absolute Gasteiger partial charge is 0.230 e. The minimum Gasteiger partial charge on any atom is -0.394 e. The summed E-state index contributed by atoms with van der Waals surface area (Å²) in [5.74, 6) is 0.712. The minimum atomic E-state index is -0.467. The second kappa shape index (κ2) is 5.94. The van der Waals surface area contributed by atoms with E-state index in [9.17, 15) is 9.90 Å². The Balaban J connectivity index is 1.58. The molecule has 1 aromatic carbocycles. The molecule has 6 heteroatoms. The number of hydrogen-bond acceptors (Lipinski definition) is 5. The lowest BCUT2D eigenvalue weighted by atomic mass is 9.97.